The quantitative estimate of drug-likeness (QED) is 0.793. The van der Waals surface area contributed by atoms with E-state index in [0.717, 1.165) is 22.8 Å². The lowest BCUT2D eigenvalue weighted by Gasteiger charge is -2.14. The fraction of sp³-hybridized carbons (Fsp3) is 0.267. The summed E-state index contributed by atoms with van der Waals surface area (Å²) in [6, 6.07) is 6.79. The summed E-state index contributed by atoms with van der Waals surface area (Å²) in [7, 11) is 0. The van der Waals surface area contributed by atoms with Crippen molar-refractivity contribution in [2.24, 2.45) is 0 Å². The molecule has 0 saturated carbocycles. The SMILES string of the molecule is Cc1nc2sccn2c1CNC(C)c1ccc(F)cc1. The molecule has 0 spiro atoms. The molecule has 1 atom stereocenters. The Kier molecular flexibility index (Phi) is 3.54. The van der Waals surface area contributed by atoms with Gasteiger partial charge in [-0.3, -0.25) is 4.40 Å². The van der Waals surface area contributed by atoms with E-state index in [-0.39, 0.29) is 11.9 Å². The lowest BCUT2D eigenvalue weighted by atomic mass is 10.1. The van der Waals surface area contributed by atoms with Gasteiger partial charge in [0.15, 0.2) is 4.96 Å². The summed E-state index contributed by atoms with van der Waals surface area (Å²) < 4.78 is 15.0. The second-order valence-corrected chi connectivity index (χ2v) is 5.73. The van der Waals surface area contributed by atoms with Crippen molar-refractivity contribution in [2.45, 2.75) is 26.4 Å². The van der Waals surface area contributed by atoms with E-state index < -0.39 is 0 Å². The Morgan fingerprint density at radius 1 is 1.35 bits per heavy atom. The van der Waals surface area contributed by atoms with Crippen LogP contribution >= 0.6 is 11.3 Å². The summed E-state index contributed by atoms with van der Waals surface area (Å²) in [5.74, 6) is -0.201. The van der Waals surface area contributed by atoms with Crippen LogP contribution in [-0.4, -0.2) is 9.38 Å². The van der Waals surface area contributed by atoms with Crippen LogP contribution in [0.1, 0.15) is 29.9 Å². The van der Waals surface area contributed by atoms with Gasteiger partial charge in [-0.05, 0) is 31.5 Å². The number of aromatic nitrogens is 2. The standard InChI is InChI=1S/C15H16FN3S/c1-10(12-3-5-13(16)6-4-12)17-9-14-11(2)18-15-19(14)7-8-20-15/h3-8,10,17H,9H2,1-2H3. The molecule has 0 aliphatic carbocycles. The minimum atomic E-state index is -0.201. The van der Waals surface area contributed by atoms with E-state index in [0.29, 0.717) is 0 Å². The average molecular weight is 289 g/mol. The van der Waals surface area contributed by atoms with E-state index in [4.69, 9.17) is 0 Å². The van der Waals surface area contributed by atoms with E-state index in [9.17, 15) is 4.39 Å². The van der Waals surface area contributed by atoms with Crippen molar-refractivity contribution in [1.82, 2.24) is 14.7 Å². The number of halogens is 1. The Hall–Kier alpha value is -1.72. The van der Waals surface area contributed by atoms with Crippen molar-refractivity contribution in [2.75, 3.05) is 0 Å². The van der Waals surface area contributed by atoms with E-state index in [1.165, 1.54) is 17.8 Å². The summed E-state index contributed by atoms with van der Waals surface area (Å²) in [4.78, 5) is 5.55. The third-order valence-corrected chi connectivity index (χ3v) is 4.26. The zero-order valence-corrected chi connectivity index (χ0v) is 12.2. The minimum absolute atomic E-state index is 0.166. The maximum Gasteiger partial charge on any atom is 0.194 e. The molecule has 0 aliphatic rings. The van der Waals surface area contributed by atoms with Crippen molar-refractivity contribution < 1.29 is 4.39 Å². The molecule has 2 heterocycles. The van der Waals surface area contributed by atoms with Crippen molar-refractivity contribution in [3.05, 3.63) is 58.6 Å². The molecule has 0 bridgehead atoms. The van der Waals surface area contributed by atoms with Gasteiger partial charge in [-0.25, -0.2) is 9.37 Å². The largest absolute Gasteiger partial charge is 0.305 e. The molecular formula is C15H16FN3S. The van der Waals surface area contributed by atoms with Crippen LogP contribution in [0.5, 0.6) is 0 Å². The number of nitrogens with zero attached hydrogens (tertiary/aromatic N) is 2. The molecule has 1 unspecified atom stereocenters. The number of hydrogen-bond acceptors (Lipinski definition) is 3. The first-order chi connectivity index (χ1) is 9.65. The molecule has 20 heavy (non-hydrogen) atoms. The van der Waals surface area contributed by atoms with Crippen molar-refractivity contribution in [3.63, 3.8) is 0 Å². The molecule has 0 radical (unpaired) electrons. The first-order valence-corrected chi connectivity index (χ1v) is 7.43. The van der Waals surface area contributed by atoms with Crippen LogP contribution in [0.15, 0.2) is 35.8 Å². The van der Waals surface area contributed by atoms with Crippen LogP contribution in [0.3, 0.4) is 0 Å². The first kappa shape index (κ1) is 13.3. The van der Waals surface area contributed by atoms with Crippen LogP contribution in [0.2, 0.25) is 0 Å². The van der Waals surface area contributed by atoms with E-state index in [1.807, 2.05) is 30.6 Å². The highest BCUT2D eigenvalue weighted by Gasteiger charge is 2.11. The van der Waals surface area contributed by atoms with Gasteiger partial charge in [0, 0.05) is 24.2 Å². The Balaban J connectivity index is 1.74. The Morgan fingerprint density at radius 3 is 2.85 bits per heavy atom. The Morgan fingerprint density at radius 2 is 2.10 bits per heavy atom. The van der Waals surface area contributed by atoms with Gasteiger partial charge >= 0.3 is 0 Å². The molecule has 3 aromatic rings. The summed E-state index contributed by atoms with van der Waals surface area (Å²) in [6.07, 6.45) is 2.04. The van der Waals surface area contributed by atoms with Gasteiger partial charge in [-0.15, -0.1) is 11.3 Å². The van der Waals surface area contributed by atoms with Crippen molar-refractivity contribution in [1.29, 1.82) is 0 Å². The molecule has 0 amide bonds. The Bertz CT molecular complexity index is 714. The number of nitrogens with one attached hydrogen (secondary N) is 1. The highest BCUT2D eigenvalue weighted by molar-refractivity contribution is 7.15. The molecule has 3 rings (SSSR count). The van der Waals surface area contributed by atoms with E-state index >= 15 is 0 Å². The van der Waals surface area contributed by atoms with Crippen molar-refractivity contribution >= 4 is 16.3 Å². The topological polar surface area (TPSA) is 29.3 Å². The number of fused-ring (bicyclic) bond motifs is 1. The fourth-order valence-corrected chi connectivity index (χ4v) is 3.05. The van der Waals surface area contributed by atoms with Crippen LogP contribution < -0.4 is 5.32 Å². The van der Waals surface area contributed by atoms with Gasteiger partial charge in [0.1, 0.15) is 5.82 Å². The predicted molar refractivity (Wildman–Crippen MR) is 79.5 cm³/mol. The molecule has 0 aliphatic heterocycles. The molecular weight excluding hydrogens is 273 g/mol. The van der Waals surface area contributed by atoms with Gasteiger partial charge in [-0.1, -0.05) is 12.1 Å². The summed E-state index contributed by atoms with van der Waals surface area (Å²) >= 11 is 1.64. The first-order valence-electron chi connectivity index (χ1n) is 6.55. The molecule has 3 nitrogen and oxygen atoms in total. The fourth-order valence-electron chi connectivity index (χ4n) is 2.27. The maximum atomic E-state index is 12.9. The number of aryl methyl sites for hydroxylation is 1. The highest BCUT2D eigenvalue weighted by Crippen LogP contribution is 2.18. The number of benzene rings is 1. The minimum Gasteiger partial charge on any atom is -0.305 e. The van der Waals surface area contributed by atoms with Gasteiger partial charge < -0.3 is 5.32 Å². The van der Waals surface area contributed by atoms with Crippen molar-refractivity contribution in [3.8, 4) is 0 Å². The molecule has 5 heteroatoms. The molecule has 1 N–H and O–H groups in total. The zero-order valence-electron chi connectivity index (χ0n) is 11.4. The molecule has 0 fully saturated rings. The highest BCUT2D eigenvalue weighted by atomic mass is 32.1. The number of thiazole rings is 1. The number of rotatable bonds is 4. The lowest BCUT2D eigenvalue weighted by molar-refractivity contribution is 0.561. The van der Waals surface area contributed by atoms with Gasteiger partial charge in [0.25, 0.3) is 0 Å². The van der Waals surface area contributed by atoms with Gasteiger partial charge in [0.05, 0.1) is 11.4 Å². The molecule has 0 saturated heterocycles. The Labute approximate surface area is 121 Å². The van der Waals surface area contributed by atoms with Crippen LogP contribution in [0.4, 0.5) is 4.39 Å². The third kappa shape index (κ3) is 2.46. The molecule has 1 aromatic carbocycles. The average Bonchev–Trinajstić information content (AvgIpc) is 2.98. The number of hydrogen-bond donors (Lipinski definition) is 1. The lowest BCUT2D eigenvalue weighted by Crippen LogP contribution is -2.19. The second kappa shape index (κ2) is 5.34. The van der Waals surface area contributed by atoms with E-state index in [2.05, 4.69) is 21.6 Å². The van der Waals surface area contributed by atoms with Gasteiger partial charge in [0.2, 0.25) is 0 Å². The van der Waals surface area contributed by atoms with E-state index in [1.54, 1.807) is 11.3 Å². The molecule has 2 aromatic heterocycles. The zero-order chi connectivity index (χ0) is 14.1. The molecule has 104 valence electrons. The summed E-state index contributed by atoms with van der Waals surface area (Å²) in [5, 5.41) is 5.50. The summed E-state index contributed by atoms with van der Waals surface area (Å²) in [5.41, 5.74) is 3.31. The van der Waals surface area contributed by atoms with Gasteiger partial charge in [-0.2, -0.15) is 0 Å². The monoisotopic (exact) mass is 289 g/mol. The third-order valence-electron chi connectivity index (χ3n) is 3.51. The smallest absolute Gasteiger partial charge is 0.194 e. The number of imidazole rings is 1. The maximum absolute atomic E-state index is 12.9. The predicted octanol–water partition coefficient (Wildman–Crippen LogP) is 3.69. The summed E-state index contributed by atoms with van der Waals surface area (Å²) in [6.45, 7) is 4.84. The van der Waals surface area contributed by atoms with Crippen LogP contribution in [-0.2, 0) is 6.54 Å². The second-order valence-electron chi connectivity index (χ2n) is 4.85. The van der Waals surface area contributed by atoms with Crippen LogP contribution in [0, 0.1) is 12.7 Å². The normalized spacial score (nSPS) is 12.9. The van der Waals surface area contributed by atoms with Crippen LogP contribution in [0.25, 0.3) is 4.96 Å².